The maximum absolute atomic E-state index is 11.9. The normalized spacial score (nSPS) is 9.83. The Kier molecular flexibility index (Phi) is 5.38. The molecule has 0 fully saturated rings. The molecule has 0 unspecified atom stereocenters. The van der Waals surface area contributed by atoms with Crippen LogP contribution in [0.3, 0.4) is 0 Å². The highest BCUT2D eigenvalue weighted by molar-refractivity contribution is 5.89. The van der Waals surface area contributed by atoms with Gasteiger partial charge in [-0.2, -0.15) is 0 Å². The van der Waals surface area contributed by atoms with E-state index in [9.17, 15) is 9.59 Å². The van der Waals surface area contributed by atoms with Crippen LogP contribution in [0.5, 0.6) is 0 Å². The summed E-state index contributed by atoms with van der Waals surface area (Å²) >= 11 is 0. The Balaban J connectivity index is 2.30. The standard InChI is InChI=1S/C18H19N3O3/c1-5-24-18(23)17-12(2)19-16(21(17)4)10-9-14-7-6-8-15(11-14)20-13(3)22/h6-8,11H,5H2,1-4H3,(H,20,22). The molecule has 6 nitrogen and oxygen atoms in total. The molecule has 0 bridgehead atoms. The Morgan fingerprint density at radius 1 is 1.33 bits per heavy atom. The van der Waals surface area contributed by atoms with E-state index in [4.69, 9.17) is 4.74 Å². The van der Waals surface area contributed by atoms with Crippen LogP contribution in [0.2, 0.25) is 0 Å². The lowest BCUT2D eigenvalue weighted by Gasteiger charge is -2.03. The Morgan fingerprint density at radius 2 is 2.08 bits per heavy atom. The minimum atomic E-state index is -0.411. The predicted octanol–water partition coefficient (Wildman–Crippen LogP) is 2.26. The number of nitrogens with one attached hydrogen (secondary N) is 1. The van der Waals surface area contributed by atoms with Gasteiger partial charge >= 0.3 is 5.97 Å². The Hall–Kier alpha value is -3.07. The molecule has 1 aromatic carbocycles. The molecule has 0 aliphatic rings. The van der Waals surface area contributed by atoms with Crippen LogP contribution < -0.4 is 5.32 Å². The van der Waals surface area contributed by atoms with Crippen molar-refractivity contribution >= 4 is 17.6 Å². The molecule has 24 heavy (non-hydrogen) atoms. The lowest BCUT2D eigenvalue weighted by atomic mass is 10.2. The maximum atomic E-state index is 11.9. The number of amides is 1. The van der Waals surface area contributed by atoms with E-state index in [0.29, 0.717) is 29.5 Å². The van der Waals surface area contributed by atoms with E-state index in [2.05, 4.69) is 22.1 Å². The smallest absolute Gasteiger partial charge is 0.356 e. The van der Waals surface area contributed by atoms with Crippen molar-refractivity contribution in [1.82, 2.24) is 9.55 Å². The number of hydrogen-bond donors (Lipinski definition) is 1. The Morgan fingerprint density at radius 3 is 2.75 bits per heavy atom. The number of imidazole rings is 1. The first-order valence-corrected chi connectivity index (χ1v) is 7.52. The summed E-state index contributed by atoms with van der Waals surface area (Å²) in [6, 6.07) is 7.20. The topological polar surface area (TPSA) is 73.2 Å². The molecule has 0 saturated carbocycles. The third kappa shape index (κ3) is 4.02. The molecule has 2 rings (SSSR count). The van der Waals surface area contributed by atoms with Crippen molar-refractivity contribution in [1.29, 1.82) is 0 Å². The Labute approximate surface area is 140 Å². The van der Waals surface area contributed by atoms with Gasteiger partial charge in [-0.3, -0.25) is 4.79 Å². The van der Waals surface area contributed by atoms with Crippen molar-refractivity contribution < 1.29 is 14.3 Å². The SMILES string of the molecule is CCOC(=O)c1c(C)nc(C#Cc2cccc(NC(C)=O)c2)n1C. The van der Waals surface area contributed by atoms with Gasteiger partial charge in [-0.25, -0.2) is 9.78 Å². The van der Waals surface area contributed by atoms with Crippen LogP contribution >= 0.6 is 0 Å². The Bertz CT molecular complexity index is 841. The third-order valence-corrected chi connectivity index (χ3v) is 3.24. The number of carbonyl (C=O) groups is 2. The lowest BCUT2D eigenvalue weighted by molar-refractivity contribution is -0.114. The summed E-state index contributed by atoms with van der Waals surface area (Å²) < 4.78 is 6.65. The molecular formula is C18H19N3O3. The molecule has 1 aromatic heterocycles. The van der Waals surface area contributed by atoms with Gasteiger partial charge in [0, 0.05) is 25.2 Å². The molecule has 1 N–H and O–H groups in total. The molecule has 124 valence electrons. The first kappa shape index (κ1) is 17.3. The summed E-state index contributed by atoms with van der Waals surface area (Å²) in [5, 5.41) is 2.71. The average Bonchev–Trinajstić information content (AvgIpc) is 2.79. The molecular weight excluding hydrogens is 306 g/mol. The molecule has 0 saturated heterocycles. The molecule has 0 aliphatic carbocycles. The van der Waals surface area contributed by atoms with Crippen LogP contribution in [0.25, 0.3) is 0 Å². The van der Waals surface area contributed by atoms with Gasteiger partial charge in [0.25, 0.3) is 0 Å². The number of anilines is 1. The minimum absolute atomic E-state index is 0.140. The van der Waals surface area contributed by atoms with Crippen LogP contribution in [0.1, 0.15) is 41.4 Å². The van der Waals surface area contributed by atoms with E-state index >= 15 is 0 Å². The molecule has 0 spiro atoms. The highest BCUT2D eigenvalue weighted by atomic mass is 16.5. The van der Waals surface area contributed by atoms with Crippen LogP contribution in [0, 0.1) is 18.8 Å². The van der Waals surface area contributed by atoms with Gasteiger partial charge in [-0.05, 0) is 38.0 Å². The van der Waals surface area contributed by atoms with Crippen LogP contribution in [-0.2, 0) is 16.6 Å². The zero-order valence-corrected chi connectivity index (χ0v) is 14.1. The largest absolute Gasteiger partial charge is 0.461 e. The summed E-state index contributed by atoms with van der Waals surface area (Å²) in [7, 11) is 1.73. The molecule has 0 radical (unpaired) electrons. The van der Waals surface area contributed by atoms with Gasteiger partial charge in [0.15, 0.2) is 11.5 Å². The second kappa shape index (κ2) is 7.47. The summed E-state index contributed by atoms with van der Waals surface area (Å²) in [6.45, 7) is 5.26. The van der Waals surface area contributed by atoms with Crippen LogP contribution in [0.15, 0.2) is 24.3 Å². The highest BCUT2D eigenvalue weighted by Gasteiger charge is 2.18. The van der Waals surface area contributed by atoms with E-state index in [-0.39, 0.29) is 5.91 Å². The van der Waals surface area contributed by atoms with Crippen molar-refractivity contribution in [3.05, 3.63) is 47.0 Å². The van der Waals surface area contributed by atoms with Gasteiger partial charge < -0.3 is 14.6 Å². The number of aryl methyl sites for hydroxylation is 1. The fraction of sp³-hybridized carbons (Fsp3) is 0.278. The number of aromatic nitrogens is 2. The number of ether oxygens (including phenoxy) is 1. The second-order valence-electron chi connectivity index (χ2n) is 5.16. The summed E-state index contributed by atoms with van der Waals surface area (Å²) in [5.41, 5.74) is 2.39. The van der Waals surface area contributed by atoms with E-state index in [0.717, 1.165) is 5.56 Å². The van der Waals surface area contributed by atoms with Gasteiger partial charge in [-0.1, -0.05) is 12.0 Å². The number of nitrogens with zero attached hydrogens (tertiary/aromatic N) is 2. The van der Waals surface area contributed by atoms with E-state index in [1.807, 2.05) is 12.1 Å². The van der Waals surface area contributed by atoms with Gasteiger partial charge in [0.2, 0.25) is 5.91 Å². The number of benzene rings is 1. The fourth-order valence-electron chi connectivity index (χ4n) is 2.24. The molecule has 2 aromatic rings. The lowest BCUT2D eigenvalue weighted by Crippen LogP contribution is -2.11. The number of hydrogen-bond acceptors (Lipinski definition) is 4. The number of esters is 1. The highest BCUT2D eigenvalue weighted by Crippen LogP contribution is 2.12. The van der Waals surface area contributed by atoms with Crippen molar-refractivity contribution in [2.24, 2.45) is 7.05 Å². The monoisotopic (exact) mass is 325 g/mol. The van der Waals surface area contributed by atoms with Gasteiger partial charge in [-0.15, -0.1) is 0 Å². The molecule has 1 heterocycles. The summed E-state index contributed by atoms with van der Waals surface area (Å²) in [4.78, 5) is 27.4. The summed E-state index contributed by atoms with van der Waals surface area (Å²) in [5.74, 6) is 5.86. The van der Waals surface area contributed by atoms with Gasteiger partial charge in [0.05, 0.1) is 12.3 Å². The average molecular weight is 325 g/mol. The van der Waals surface area contributed by atoms with Crippen molar-refractivity contribution in [2.45, 2.75) is 20.8 Å². The molecule has 0 atom stereocenters. The van der Waals surface area contributed by atoms with E-state index < -0.39 is 5.97 Å². The number of carbonyl (C=O) groups excluding carboxylic acids is 2. The second-order valence-corrected chi connectivity index (χ2v) is 5.16. The molecule has 6 heteroatoms. The van der Waals surface area contributed by atoms with Crippen molar-refractivity contribution in [3.8, 4) is 11.8 Å². The minimum Gasteiger partial charge on any atom is -0.461 e. The maximum Gasteiger partial charge on any atom is 0.356 e. The van der Waals surface area contributed by atoms with Gasteiger partial charge in [0.1, 0.15) is 0 Å². The van der Waals surface area contributed by atoms with E-state index in [1.54, 1.807) is 37.6 Å². The van der Waals surface area contributed by atoms with Crippen LogP contribution in [-0.4, -0.2) is 28.0 Å². The van der Waals surface area contributed by atoms with Crippen LogP contribution in [0.4, 0.5) is 5.69 Å². The van der Waals surface area contributed by atoms with E-state index in [1.165, 1.54) is 6.92 Å². The first-order valence-electron chi connectivity index (χ1n) is 7.52. The van der Waals surface area contributed by atoms with Crippen molar-refractivity contribution in [2.75, 3.05) is 11.9 Å². The molecule has 1 amide bonds. The quantitative estimate of drug-likeness (QED) is 0.694. The van der Waals surface area contributed by atoms with Crippen molar-refractivity contribution in [3.63, 3.8) is 0 Å². The zero-order valence-electron chi connectivity index (χ0n) is 14.1. The summed E-state index contributed by atoms with van der Waals surface area (Å²) in [6.07, 6.45) is 0. The predicted molar refractivity (Wildman–Crippen MR) is 90.6 cm³/mol. The fourth-order valence-corrected chi connectivity index (χ4v) is 2.24. The third-order valence-electron chi connectivity index (χ3n) is 3.24. The first-order chi connectivity index (χ1) is 11.4. The molecule has 0 aliphatic heterocycles. The number of rotatable bonds is 3. The zero-order chi connectivity index (χ0) is 17.7.